The maximum absolute atomic E-state index is 12.8. The summed E-state index contributed by atoms with van der Waals surface area (Å²) in [6.45, 7) is -0.279. The van der Waals surface area contributed by atoms with Gasteiger partial charge in [-0.25, -0.2) is 0 Å². The first-order valence-electron chi connectivity index (χ1n) is 7.95. The van der Waals surface area contributed by atoms with Crippen LogP contribution in [0.1, 0.15) is 21.5 Å². The summed E-state index contributed by atoms with van der Waals surface area (Å²) in [6.07, 6.45) is 0.916. The molecule has 0 fully saturated rings. The molecule has 0 atom stereocenters. The number of anilines is 1. The summed E-state index contributed by atoms with van der Waals surface area (Å²) in [5, 5.41) is 19.1. The molecule has 2 heterocycles. The smallest absolute Gasteiger partial charge is 0.416 e. The first-order valence-corrected chi connectivity index (χ1v) is 7.95. The van der Waals surface area contributed by atoms with E-state index in [-0.39, 0.29) is 18.7 Å². The molecular weight excluding hydrogens is 379 g/mol. The number of amides is 1. The van der Waals surface area contributed by atoms with Crippen LogP contribution in [0.15, 0.2) is 49.1 Å². The minimum absolute atomic E-state index is 0.0936. The molecule has 0 unspecified atom stereocenters. The molecule has 0 saturated carbocycles. The summed E-state index contributed by atoms with van der Waals surface area (Å²) in [5.74, 6) is -1.61. The summed E-state index contributed by atoms with van der Waals surface area (Å²) in [4.78, 5) is 22.8. The second-order valence-electron chi connectivity index (χ2n) is 5.90. The Morgan fingerprint density at radius 2 is 1.86 bits per heavy atom. The van der Waals surface area contributed by atoms with Gasteiger partial charge < -0.3 is 10.4 Å². The number of rotatable bonds is 6. The van der Waals surface area contributed by atoms with Crippen LogP contribution in [0, 0.1) is 0 Å². The Hall–Kier alpha value is -3.63. The van der Waals surface area contributed by atoms with Crippen LogP contribution >= 0.6 is 0 Å². The third-order valence-electron chi connectivity index (χ3n) is 3.68. The van der Waals surface area contributed by atoms with E-state index in [1.165, 1.54) is 35.5 Å². The van der Waals surface area contributed by atoms with Gasteiger partial charge in [-0.15, -0.1) is 0 Å². The van der Waals surface area contributed by atoms with Gasteiger partial charge in [0, 0.05) is 12.4 Å². The number of carboxylic acid groups (broad SMARTS) is 1. The zero-order chi connectivity index (χ0) is 20.3. The lowest BCUT2D eigenvalue weighted by Gasteiger charge is -2.08. The lowest BCUT2D eigenvalue weighted by molar-refractivity contribution is -0.138. The number of aromatic nitrogens is 4. The number of nitrogens with one attached hydrogen (secondary N) is 1. The topological polar surface area (TPSA) is 102 Å². The highest BCUT2D eigenvalue weighted by Gasteiger charge is 2.30. The second kappa shape index (κ2) is 7.55. The van der Waals surface area contributed by atoms with Crippen LogP contribution in [-0.2, 0) is 24.1 Å². The highest BCUT2D eigenvalue weighted by atomic mass is 19.4. The normalized spacial score (nSPS) is 11.4. The van der Waals surface area contributed by atoms with Gasteiger partial charge in [0.1, 0.15) is 6.54 Å². The van der Waals surface area contributed by atoms with Gasteiger partial charge in [0.25, 0.3) is 5.91 Å². The van der Waals surface area contributed by atoms with Crippen LogP contribution in [0.2, 0.25) is 0 Å². The minimum Gasteiger partial charge on any atom is -0.480 e. The number of carbonyl (C=O) groups excluding carboxylic acids is 1. The molecule has 11 heteroatoms. The number of aliphatic carboxylic acids is 1. The van der Waals surface area contributed by atoms with Crippen LogP contribution in [0.5, 0.6) is 0 Å². The van der Waals surface area contributed by atoms with Crippen molar-refractivity contribution in [1.82, 2.24) is 19.6 Å². The molecule has 0 aliphatic carbocycles. The van der Waals surface area contributed by atoms with E-state index in [9.17, 15) is 22.8 Å². The monoisotopic (exact) mass is 393 g/mol. The Balaban J connectivity index is 1.65. The predicted octanol–water partition coefficient (Wildman–Crippen LogP) is 2.48. The molecule has 28 heavy (non-hydrogen) atoms. The first-order chi connectivity index (χ1) is 13.2. The molecule has 3 rings (SSSR count). The predicted molar refractivity (Wildman–Crippen MR) is 90.6 cm³/mol. The highest BCUT2D eigenvalue weighted by molar-refractivity contribution is 6.03. The summed E-state index contributed by atoms with van der Waals surface area (Å²) in [5.41, 5.74) is 0.157. The Morgan fingerprint density at radius 1 is 1.11 bits per heavy atom. The number of carbonyl (C=O) groups is 2. The Kier molecular flexibility index (Phi) is 5.16. The van der Waals surface area contributed by atoms with Gasteiger partial charge in [-0.3, -0.25) is 19.0 Å². The van der Waals surface area contributed by atoms with Crippen LogP contribution in [-0.4, -0.2) is 36.5 Å². The van der Waals surface area contributed by atoms with Gasteiger partial charge >= 0.3 is 12.1 Å². The van der Waals surface area contributed by atoms with Gasteiger partial charge in [0.05, 0.1) is 35.8 Å². The Morgan fingerprint density at radius 3 is 2.57 bits per heavy atom. The third-order valence-corrected chi connectivity index (χ3v) is 3.68. The van der Waals surface area contributed by atoms with Gasteiger partial charge in [0.2, 0.25) is 0 Å². The number of alkyl halides is 3. The summed E-state index contributed by atoms with van der Waals surface area (Å²) >= 11 is 0. The van der Waals surface area contributed by atoms with Crippen molar-refractivity contribution in [2.24, 2.45) is 0 Å². The summed E-state index contributed by atoms with van der Waals surface area (Å²) in [7, 11) is 0. The molecule has 0 aliphatic rings. The summed E-state index contributed by atoms with van der Waals surface area (Å²) in [6, 6.07) is 4.89. The van der Waals surface area contributed by atoms with Crippen LogP contribution < -0.4 is 5.32 Å². The number of hydrogen-bond donors (Lipinski definition) is 2. The first kappa shape index (κ1) is 19.1. The quantitative estimate of drug-likeness (QED) is 0.670. The molecule has 146 valence electrons. The van der Waals surface area contributed by atoms with E-state index in [0.29, 0.717) is 11.3 Å². The number of benzene rings is 1. The van der Waals surface area contributed by atoms with E-state index in [4.69, 9.17) is 5.11 Å². The molecule has 1 aromatic carbocycles. The van der Waals surface area contributed by atoms with E-state index in [1.807, 2.05) is 0 Å². The molecule has 0 bridgehead atoms. The van der Waals surface area contributed by atoms with Crippen molar-refractivity contribution in [3.8, 4) is 0 Å². The molecule has 3 aromatic rings. The van der Waals surface area contributed by atoms with Crippen molar-refractivity contribution in [2.75, 3.05) is 5.32 Å². The second-order valence-corrected chi connectivity index (χ2v) is 5.90. The largest absolute Gasteiger partial charge is 0.480 e. The van der Waals surface area contributed by atoms with Crippen molar-refractivity contribution in [2.45, 2.75) is 19.3 Å². The maximum Gasteiger partial charge on any atom is 0.416 e. The molecule has 2 N–H and O–H groups in total. The molecule has 8 nitrogen and oxygen atoms in total. The lowest BCUT2D eigenvalue weighted by atomic mass is 10.1. The van der Waals surface area contributed by atoms with E-state index >= 15 is 0 Å². The fourth-order valence-corrected chi connectivity index (χ4v) is 2.46. The Bertz CT molecular complexity index is 1010. The van der Waals surface area contributed by atoms with Gasteiger partial charge in [0.15, 0.2) is 0 Å². The molecule has 1 amide bonds. The SMILES string of the molecule is O=C(O)Cn1cc(C(=O)Nc2cnn(Cc3cccc(C(F)(F)F)c3)c2)cn1. The van der Waals surface area contributed by atoms with Gasteiger partial charge in [-0.05, 0) is 17.7 Å². The molecule has 0 spiro atoms. The zero-order valence-electron chi connectivity index (χ0n) is 14.2. The van der Waals surface area contributed by atoms with Crippen molar-refractivity contribution in [3.63, 3.8) is 0 Å². The molecule has 0 aliphatic heterocycles. The Labute approximate surface area is 156 Å². The van der Waals surface area contributed by atoms with Crippen molar-refractivity contribution in [1.29, 1.82) is 0 Å². The number of halogens is 3. The standard InChI is InChI=1S/C17H14F3N5O3/c18-17(19,20)13-3-1-2-11(4-13)7-24-9-14(6-22-24)23-16(28)12-5-21-25(8-12)10-15(26)27/h1-6,8-9H,7,10H2,(H,23,28)(H,26,27). The lowest BCUT2D eigenvalue weighted by Crippen LogP contribution is -2.12. The van der Waals surface area contributed by atoms with Crippen molar-refractivity contribution in [3.05, 3.63) is 65.7 Å². The van der Waals surface area contributed by atoms with Crippen LogP contribution in [0.4, 0.5) is 18.9 Å². The summed E-state index contributed by atoms with van der Waals surface area (Å²) < 4.78 is 40.8. The van der Waals surface area contributed by atoms with Crippen LogP contribution in [0.25, 0.3) is 0 Å². The number of carboxylic acids is 1. The third kappa shape index (κ3) is 4.75. The zero-order valence-corrected chi connectivity index (χ0v) is 14.2. The van der Waals surface area contributed by atoms with Gasteiger partial charge in [-0.1, -0.05) is 12.1 Å². The highest BCUT2D eigenvalue weighted by Crippen LogP contribution is 2.29. The van der Waals surface area contributed by atoms with E-state index < -0.39 is 23.6 Å². The molecule has 2 aromatic heterocycles. The fourth-order valence-electron chi connectivity index (χ4n) is 2.46. The number of hydrogen-bond acceptors (Lipinski definition) is 4. The minimum atomic E-state index is -4.43. The average molecular weight is 393 g/mol. The maximum atomic E-state index is 12.8. The van der Waals surface area contributed by atoms with Crippen molar-refractivity contribution < 1.29 is 27.9 Å². The van der Waals surface area contributed by atoms with E-state index in [0.717, 1.165) is 16.8 Å². The fraction of sp³-hybridized carbons (Fsp3) is 0.176. The average Bonchev–Trinajstić information content (AvgIpc) is 3.23. The van der Waals surface area contributed by atoms with E-state index in [1.54, 1.807) is 6.07 Å². The van der Waals surface area contributed by atoms with E-state index in [2.05, 4.69) is 15.5 Å². The molecule has 0 saturated heterocycles. The van der Waals surface area contributed by atoms with Gasteiger partial charge in [-0.2, -0.15) is 23.4 Å². The molecule has 0 radical (unpaired) electrons. The van der Waals surface area contributed by atoms with Crippen molar-refractivity contribution >= 4 is 17.6 Å². The van der Waals surface area contributed by atoms with Crippen LogP contribution in [0.3, 0.4) is 0 Å². The number of nitrogens with zero attached hydrogens (tertiary/aromatic N) is 4. The molecular formula is C17H14F3N5O3.